The van der Waals surface area contributed by atoms with E-state index in [2.05, 4.69) is 4.98 Å². The van der Waals surface area contributed by atoms with Crippen LogP contribution in [0.4, 0.5) is 51.1 Å². The maximum absolute atomic E-state index is 13.6. The van der Waals surface area contributed by atoms with E-state index in [9.17, 15) is 44.3 Å². The molecule has 2 rings (SSSR count). The van der Waals surface area contributed by atoms with Crippen molar-refractivity contribution in [3.63, 3.8) is 0 Å². The van der Waals surface area contributed by atoms with Crippen LogP contribution in [-0.4, -0.2) is 22.9 Å². The molecule has 14 heteroatoms. The molecule has 5 nitrogen and oxygen atoms in total. The highest BCUT2D eigenvalue weighted by atomic mass is 19.4. The molecule has 0 spiro atoms. The highest BCUT2D eigenvalue weighted by Gasteiger charge is 2.41. The molecular formula is C20H22F9N3O2. The van der Waals surface area contributed by atoms with Crippen molar-refractivity contribution in [3.05, 3.63) is 51.4 Å². The molecule has 0 atom stereocenters. The quantitative estimate of drug-likeness (QED) is 0.332. The molecule has 0 aliphatic carbocycles. The van der Waals surface area contributed by atoms with Crippen LogP contribution in [0.1, 0.15) is 44.5 Å². The minimum atomic E-state index is -5.32. The number of nitrogens with zero attached hydrogens (tertiary/aromatic N) is 3. The Morgan fingerprint density at radius 2 is 1.50 bits per heavy atom. The molecule has 1 aromatic carbocycles. The van der Waals surface area contributed by atoms with Crippen LogP contribution in [-0.2, 0) is 29.8 Å². The number of anilines is 2. The molecule has 1 heterocycles. The number of hydrogen-bond donors (Lipinski definition) is 0. The summed E-state index contributed by atoms with van der Waals surface area (Å²) in [6, 6.07) is 0.780. The van der Waals surface area contributed by atoms with Gasteiger partial charge in [-0.3, -0.25) is 14.3 Å². The number of rotatable bonds is 6. The lowest BCUT2D eigenvalue weighted by Crippen LogP contribution is -2.34. The second-order valence-electron chi connectivity index (χ2n) is 6.30. The van der Waals surface area contributed by atoms with E-state index in [1.165, 1.54) is 13.8 Å². The first-order valence-electron chi connectivity index (χ1n) is 9.94. The van der Waals surface area contributed by atoms with E-state index in [1.807, 2.05) is 13.8 Å². The van der Waals surface area contributed by atoms with Gasteiger partial charge in [-0.05, 0) is 32.0 Å². The summed E-state index contributed by atoms with van der Waals surface area (Å²) in [6.07, 6.45) is -15.5. The van der Waals surface area contributed by atoms with Crippen LogP contribution in [0.5, 0.6) is 0 Å². The fourth-order valence-corrected chi connectivity index (χ4v) is 2.73. The fourth-order valence-electron chi connectivity index (χ4n) is 2.73. The molecule has 0 amide bonds. The summed E-state index contributed by atoms with van der Waals surface area (Å²) in [5.41, 5.74) is -7.26. The first-order chi connectivity index (χ1) is 15.6. The number of hydrogen-bond acceptors (Lipinski definition) is 4. The van der Waals surface area contributed by atoms with Crippen LogP contribution in [0.15, 0.2) is 29.1 Å². The highest BCUT2D eigenvalue weighted by Crippen LogP contribution is 2.42. The van der Waals surface area contributed by atoms with Crippen LogP contribution < -0.4 is 10.5 Å². The van der Waals surface area contributed by atoms with Crippen molar-refractivity contribution < 1.29 is 44.3 Å². The zero-order valence-electron chi connectivity index (χ0n) is 18.5. The van der Waals surface area contributed by atoms with Gasteiger partial charge in [0.15, 0.2) is 5.69 Å². The van der Waals surface area contributed by atoms with Gasteiger partial charge in [-0.15, -0.1) is 0 Å². The van der Waals surface area contributed by atoms with Gasteiger partial charge in [0, 0.05) is 19.2 Å². The molecule has 0 radical (unpaired) electrons. The van der Waals surface area contributed by atoms with Crippen molar-refractivity contribution in [1.82, 2.24) is 9.55 Å². The van der Waals surface area contributed by atoms with Gasteiger partial charge in [0.05, 0.1) is 16.8 Å². The van der Waals surface area contributed by atoms with Crippen LogP contribution in [0.3, 0.4) is 0 Å². The molecule has 0 saturated heterocycles. The van der Waals surface area contributed by atoms with E-state index in [4.69, 9.17) is 4.74 Å². The summed E-state index contributed by atoms with van der Waals surface area (Å²) in [5.74, 6) is -0.869. The molecule has 2 aromatic rings. The number of halogens is 9. The lowest BCUT2D eigenvalue weighted by molar-refractivity contribution is -0.143. The number of aromatic nitrogens is 2. The molecule has 0 aliphatic rings. The SMILES string of the molecule is CC.CCOCN(c1ccc(C(F)(F)F)cc1C(F)(F)F)c1nc(C(F)(F)F)cc(=O)n1CC. The lowest BCUT2D eigenvalue weighted by atomic mass is 10.1. The van der Waals surface area contributed by atoms with Gasteiger partial charge in [-0.2, -0.15) is 39.5 Å². The summed E-state index contributed by atoms with van der Waals surface area (Å²) < 4.78 is 125. The second-order valence-corrected chi connectivity index (χ2v) is 6.30. The van der Waals surface area contributed by atoms with Gasteiger partial charge in [-0.25, -0.2) is 4.98 Å². The average Bonchev–Trinajstić information content (AvgIpc) is 2.73. The van der Waals surface area contributed by atoms with Gasteiger partial charge in [-0.1, -0.05) is 13.8 Å². The Labute approximate surface area is 188 Å². The third-order valence-corrected chi connectivity index (χ3v) is 4.18. The van der Waals surface area contributed by atoms with Gasteiger partial charge < -0.3 is 4.74 Å². The first-order valence-corrected chi connectivity index (χ1v) is 9.94. The number of benzene rings is 1. The third-order valence-electron chi connectivity index (χ3n) is 4.18. The van der Waals surface area contributed by atoms with Gasteiger partial charge in [0.25, 0.3) is 5.56 Å². The topological polar surface area (TPSA) is 47.4 Å². The van der Waals surface area contributed by atoms with Crippen molar-refractivity contribution >= 4 is 11.6 Å². The smallest absolute Gasteiger partial charge is 0.361 e. The lowest BCUT2D eigenvalue weighted by Gasteiger charge is -2.29. The van der Waals surface area contributed by atoms with E-state index < -0.39 is 59.3 Å². The predicted molar refractivity (Wildman–Crippen MR) is 106 cm³/mol. The Hall–Kier alpha value is -2.77. The minimum absolute atomic E-state index is 0.103. The molecule has 1 aromatic heterocycles. The normalized spacial score (nSPS) is 12.3. The van der Waals surface area contributed by atoms with E-state index in [1.54, 1.807) is 0 Å². The zero-order chi connectivity index (χ0) is 26.5. The van der Waals surface area contributed by atoms with Gasteiger partial charge in [0.1, 0.15) is 6.73 Å². The largest absolute Gasteiger partial charge is 0.433 e. The summed E-state index contributed by atoms with van der Waals surface area (Å²) in [5, 5.41) is 0. The van der Waals surface area contributed by atoms with E-state index in [0.29, 0.717) is 21.6 Å². The maximum Gasteiger partial charge on any atom is 0.433 e. The molecule has 0 N–H and O–H groups in total. The Kier molecular flexibility index (Phi) is 9.56. The monoisotopic (exact) mass is 507 g/mol. The van der Waals surface area contributed by atoms with Crippen LogP contribution in [0, 0.1) is 0 Å². The standard InChI is InChI=1S/C18H16F9N3O2.C2H6/c1-3-29-14(31)8-13(18(25,26)27)28-15(29)30(9-32-4-2)12-6-5-10(16(19,20)21)7-11(12)17(22,23)24;1-2/h5-8H,3-4,9H2,1-2H3;1-2H3. The molecule has 0 fully saturated rings. The fraction of sp³-hybridized carbons (Fsp3) is 0.500. The maximum atomic E-state index is 13.6. The molecule has 0 saturated carbocycles. The first kappa shape index (κ1) is 29.3. The zero-order valence-corrected chi connectivity index (χ0v) is 18.5. The van der Waals surface area contributed by atoms with Crippen molar-refractivity contribution in [3.8, 4) is 0 Å². The van der Waals surface area contributed by atoms with E-state index in [0.717, 1.165) is 0 Å². The summed E-state index contributed by atoms with van der Waals surface area (Å²) in [6.45, 7) is 5.55. The minimum Gasteiger partial charge on any atom is -0.361 e. The predicted octanol–water partition coefficient (Wildman–Crippen LogP) is 6.48. The Bertz CT molecular complexity index is 1010. The second kappa shape index (κ2) is 11.1. The van der Waals surface area contributed by atoms with Gasteiger partial charge in [0.2, 0.25) is 5.95 Å². The Balaban J connectivity index is 0.00000281. The average molecular weight is 507 g/mol. The number of alkyl halides is 9. The summed E-state index contributed by atoms with van der Waals surface area (Å²) >= 11 is 0. The van der Waals surface area contributed by atoms with Crippen molar-refractivity contribution in [2.45, 2.75) is 52.8 Å². The van der Waals surface area contributed by atoms with E-state index in [-0.39, 0.29) is 25.3 Å². The molecule has 34 heavy (non-hydrogen) atoms. The Morgan fingerprint density at radius 3 is 1.94 bits per heavy atom. The molecular weight excluding hydrogens is 485 g/mol. The molecule has 192 valence electrons. The molecule has 0 aliphatic heterocycles. The van der Waals surface area contributed by atoms with Crippen molar-refractivity contribution in [2.24, 2.45) is 0 Å². The van der Waals surface area contributed by atoms with E-state index >= 15 is 0 Å². The molecule has 0 unspecified atom stereocenters. The summed E-state index contributed by atoms with van der Waals surface area (Å²) in [7, 11) is 0. The highest BCUT2D eigenvalue weighted by molar-refractivity contribution is 5.64. The van der Waals surface area contributed by atoms with Crippen LogP contribution >= 0.6 is 0 Å². The van der Waals surface area contributed by atoms with Crippen LogP contribution in [0.2, 0.25) is 0 Å². The van der Waals surface area contributed by atoms with Crippen molar-refractivity contribution in [1.29, 1.82) is 0 Å². The number of ether oxygens (including phenoxy) is 1. The molecule has 0 bridgehead atoms. The summed E-state index contributed by atoms with van der Waals surface area (Å²) in [4.78, 5) is 16.0. The third kappa shape index (κ3) is 6.87. The Morgan fingerprint density at radius 1 is 0.912 bits per heavy atom. The van der Waals surface area contributed by atoms with Crippen molar-refractivity contribution in [2.75, 3.05) is 18.2 Å². The van der Waals surface area contributed by atoms with Gasteiger partial charge >= 0.3 is 18.5 Å². The van der Waals surface area contributed by atoms with Crippen LogP contribution in [0.25, 0.3) is 0 Å².